The summed E-state index contributed by atoms with van der Waals surface area (Å²) in [4.78, 5) is 2.18. The Balaban J connectivity index is 1.76. The summed E-state index contributed by atoms with van der Waals surface area (Å²) in [5, 5.41) is 3.43. The lowest BCUT2D eigenvalue weighted by atomic mass is 9.95. The highest BCUT2D eigenvalue weighted by molar-refractivity contribution is 4.86. The number of halogens is 3. The van der Waals surface area contributed by atoms with Gasteiger partial charge in [0.15, 0.2) is 0 Å². The monoisotopic (exact) mass is 250 g/mol. The molecule has 1 N–H and O–H groups in total. The maximum absolute atomic E-state index is 12.5. The number of hydrogen-bond donors (Lipinski definition) is 1. The number of likely N-dealkylation sites (tertiary alicyclic amines) is 1. The molecule has 17 heavy (non-hydrogen) atoms. The van der Waals surface area contributed by atoms with Gasteiger partial charge >= 0.3 is 6.18 Å². The zero-order valence-electron chi connectivity index (χ0n) is 10.3. The van der Waals surface area contributed by atoms with Gasteiger partial charge in [0.2, 0.25) is 0 Å². The third-order valence-corrected chi connectivity index (χ3v) is 4.20. The van der Waals surface area contributed by atoms with Gasteiger partial charge < -0.3 is 10.2 Å². The van der Waals surface area contributed by atoms with Crippen molar-refractivity contribution in [2.45, 2.75) is 38.4 Å². The zero-order valence-corrected chi connectivity index (χ0v) is 10.3. The molecule has 100 valence electrons. The summed E-state index contributed by atoms with van der Waals surface area (Å²) in [5.74, 6) is -0.428. The van der Waals surface area contributed by atoms with Gasteiger partial charge in [-0.3, -0.25) is 0 Å². The van der Waals surface area contributed by atoms with E-state index in [0.29, 0.717) is 25.0 Å². The first-order valence-corrected chi connectivity index (χ1v) is 6.49. The normalized spacial score (nSPS) is 33.2. The lowest BCUT2D eigenvalue weighted by Gasteiger charge is -2.35. The number of nitrogens with one attached hydrogen (secondary N) is 1. The van der Waals surface area contributed by atoms with Crippen LogP contribution in [0.25, 0.3) is 0 Å². The number of rotatable bonds is 2. The van der Waals surface area contributed by atoms with E-state index in [1.54, 1.807) is 0 Å². The van der Waals surface area contributed by atoms with E-state index in [1.807, 2.05) is 0 Å². The number of piperidine rings is 1. The molecule has 5 heteroatoms. The molecular weight excluding hydrogens is 229 g/mol. The number of alkyl halides is 3. The second-order valence-corrected chi connectivity index (χ2v) is 5.44. The SMILES string of the molecule is CC1CCNC1CN1CCC(C(F)(F)F)CC1. The van der Waals surface area contributed by atoms with Crippen LogP contribution in [0.1, 0.15) is 26.2 Å². The largest absolute Gasteiger partial charge is 0.391 e. The van der Waals surface area contributed by atoms with E-state index in [4.69, 9.17) is 0 Å². The molecule has 2 unspecified atom stereocenters. The van der Waals surface area contributed by atoms with E-state index in [-0.39, 0.29) is 12.8 Å². The van der Waals surface area contributed by atoms with Gasteiger partial charge in [-0.15, -0.1) is 0 Å². The Hall–Kier alpha value is -0.290. The van der Waals surface area contributed by atoms with Crippen molar-refractivity contribution in [1.82, 2.24) is 10.2 Å². The van der Waals surface area contributed by atoms with E-state index >= 15 is 0 Å². The molecule has 2 atom stereocenters. The minimum atomic E-state index is -4.00. The van der Waals surface area contributed by atoms with Crippen LogP contribution in [0.5, 0.6) is 0 Å². The predicted octanol–water partition coefficient (Wildman–Crippen LogP) is 2.26. The van der Waals surface area contributed by atoms with Crippen molar-refractivity contribution >= 4 is 0 Å². The van der Waals surface area contributed by atoms with Gasteiger partial charge in [-0.2, -0.15) is 13.2 Å². The molecule has 0 aromatic carbocycles. The standard InChI is InChI=1S/C12H21F3N2/c1-9-2-5-16-11(9)8-17-6-3-10(4-7-17)12(13,14)15/h9-11,16H,2-8H2,1H3. The molecular formula is C12H21F3N2. The topological polar surface area (TPSA) is 15.3 Å². The number of nitrogens with zero attached hydrogens (tertiary/aromatic N) is 1. The molecule has 0 amide bonds. The first-order valence-electron chi connectivity index (χ1n) is 6.49. The lowest BCUT2D eigenvalue weighted by molar-refractivity contribution is -0.185. The van der Waals surface area contributed by atoms with Crippen molar-refractivity contribution in [3.8, 4) is 0 Å². The maximum Gasteiger partial charge on any atom is 0.391 e. The highest BCUT2D eigenvalue weighted by Crippen LogP contribution is 2.34. The van der Waals surface area contributed by atoms with Crippen LogP contribution in [0.4, 0.5) is 13.2 Å². The van der Waals surface area contributed by atoms with Gasteiger partial charge in [0.1, 0.15) is 0 Å². The van der Waals surface area contributed by atoms with Crippen LogP contribution in [-0.4, -0.2) is 43.3 Å². The summed E-state index contributed by atoms with van der Waals surface area (Å²) >= 11 is 0. The van der Waals surface area contributed by atoms with Gasteiger partial charge in [-0.05, 0) is 44.8 Å². The van der Waals surface area contributed by atoms with Crippen molar-refractivity contribution in [3.63, 3.8) is 0 Å². The van der Waals surface area contributed by atoms with E-state index in [2.05, 4.69) is 17.1 Å². The Morgan fingerprint density at radius 3 is 2.29 bits per heavy atom. The summed E-state index contributed by atoms with van der Waals surface area (Å²) in [6.07, 6.45) is -2.27. The molecule has 0 bridgehead atoms. The molecule has 2 nitrogen and oxygen atoms in total. The zero-order chi connectivity index (χ0) is 12.5. The average Bonchev–Trinajstić information content (AvgIpc) is 2.64. The van der Waals surface area contributed by atoms with Crippen molar-refractivity contribution in [3.05, 3.63) is 0 Å². The Bertz CT molecular complexity index is 247. The molecule has 0 saturated carbocycles. The van der Waals surface area contributed by atoms with Gasteiger partial charge in [-0.25, -0.2) is 0 Å². The fourth-order valence-electron chi connectivity index (χ4n) is 2.86. The van der Waals surface area contributed by atoms with Crippen LogP contribution in [-0.2, 0) is 0 Å². The molecule has 2 aliphatic heterocycles. The Morgan fingerprint density at radius 2 is 1.82 bits per heavy atom. The fourth-order valence-corrected chi connectivity index (χ4v) is 2.86. The summed E-state index contributed by atoms with van der Waals surface area (Å²) in [5.41, 5.74) is 0. The second kappa shape index (κ2) is 5.14. The Labute approximate surface area is 101 Å². The van der Waals surface area contributed by atoms with Crippen LogP contribution in [0.2, 0.25) is 0 Å². The molecule has 0 spiro atoms. The minimum absolute atomic E-state index is 0.268. The van der Waals surface area contributed by atoms with Gasteiger partial charge in [-0.1, -0.05) is 6.92 Å². The predicted molar refractivity (Wildman–Crippen MR) is 60.8 cm³/mol. The summed E-state index contributed by atoms with van der Waals surface area (Å²) in [6.45, 7) is 5.36. The summed E-state index contributed by atoms with van der Waals surface area (Å²) < 4.78 is 37.5. The number of hydrogen-bond acceptors (Lipinski definition) is 2. The van der Waals surface area contributed by atoms with Gasteiger partial charge in [0, 0.05) is 12.6 Å². The molecule has 2 rings (SSSR count). The van der Waals surface area contributed by atoms with E-state index in [0.717, 1.165) is 13.1 Å². The second-order valence-electron chi connectivity index (χ2n) is 5.44. The smallest absolute Gasteiger partial charge is 0.312 e. The van der Waals surface area contributed by atoms with Crippen LogP contribution >= 0.6 is 0 Å². The van der Waals surface area contributed by atoms with Crippen molar-refractivity contribution < 1.29 is 13.2 Å². The van der Waals surface area contributed by atoms with Gasteiger partial charge in [0.25, 0.3) is 0 Å². The fraction of sp³-hybridized carbons (Fsp3) is 1.00. The van der Waals surface area contributed by atoms with E-state index < -0.39 is 12.1 Å². The highest BCUT2D eigenvalue weighted by atomic mass is 19.4. The van der Waals surface area contributed by atoms with Crippen LogP contribution in [0.15, 0.2) is 0 Å². The van der Waals surface area contributed by atoms with E-state index in [1.165, 1.54) is 6.42 Å². The maximum atomic E-state index is 12.5. The van der Waals surface area contributed by atoms with Crippen LogP contribution in [0, 0.1) is 11.8 Å². The molecule has 0 aromatic rings. The third-order valence-electron chi connectivity index (χ3n) is 4.20. The third kappa shape index (κ3) is 3.35. The molecule has 2 heterocycles. The van der Waals surface area contributed by atoms with E-state index in [9.17, 15) is 13.2 Å². The Kier molecular flexibility index (Phi) is 3.98. The van der Waals surface area contributed by atoms with Crippen molar-refractivity contribution in [1.29, 1.82) is 0 Å². The summed E-state index contributed by atoms with van der Waals surface area (Å²) in [6, 6.07) is 0.470. The molecule has 0 aliphatic carbocycles. The minimum Gasteiger partial charge on any atom is -0.312 e. The molecule has 2 fully saturated rings. The first kappa shape index (κ1) is 13.1. The Morgan fingerprint density at radius 1 is 1.18 bits per heavy atom. The first-order chi connectivity index (χ1) is 7.97. The quantitative estimate of drug-likeness (QED) is 0.808. The molecule has 2 aliphatic rings. The molecule has 2 saturated heterocycles. The van der Waals surface area contributed by atoms with Crippen molar-refractivity contribution in [2.75, 3.05) is 26.2 Å². The lowest BCUT2D eigenvalue weighted by Crippen LogP contribution is -2.45. The van der Waals surface area contributed by atoms with Crippen LogP contribution < -0.4 is 5.32 Å². The molecule has 0 aromatic heterocycles. The van der Waals surface area contributed by atoms with Gasteiger partial charge in [0.05, 0.1) is 5.92 Å². The van der Waals surface area contributed by atoms with Crippen LogP contribution in [0.3, 0.4) is 0 Å². The average molecular weight is 250 g/mol. The highest BCUT2D eigenvalue weighted by Gasteiger charge is 2.41. The molecule has 0 radical (unpaired) electrons. The van der Waals surface area contributed by atoms with Crippen molar-refractivity contribution in [2.24, 2.45) is 11.8 Å². The summed E-state index contributed by atoms with van der Waals surface area (Å²) in [7, 11) is 0.